The number of aliphatic hydroxyl groups excluding tert-OH is 2. The maximum atomic E-state index is 9.39. The Morgan fingerprint density at radius 2 is 2.33 bits per heavy atom. The maximum absolute atomic E-state index is 9.39. The number of rotatable bonds is 2. The van der Waals surface area contributed by atoms with Crippen molar-refractivity contribution in [2.45, 2.75) is 24.4 Å². The van der Waals surface area contributed by atoms with Gasteiger partial charge in [0.1, 0.15) is 18.3 Å². The Bertz CT molecular complexity index is 190. The topological polar surface area (TPSA) is 82.7 Å². The number of hydrogen-bond acceptors (Lipinski definition) is 5. The summed E-state index contributed by atoms with van der Waals surface area (Å²) in [6.07, 6.45) is -3.08. The fourth-order valence-corrected chi connectivity index (χ4v) is 1.25. The molecule has 1 aliphatic rings. The average Bonchev–Trinajstić information content (AvgIpc) is 2.41. The Kier molecular flexibility index (Phi) is 3.00. The van der Waals surface area contributed by atoms with Gasteiger partial charge in [-0.25, -0.2) is 0 Å². The molecular formula is C7H11NO4. The minimum absolute atomic E-state index is 0.306. The largest absolute Gasteiger partial charge is 0.394 e. The van der Waals surface area contributed by atoms with Gasteiger partial charge in [0.2, 0.25) is 0 Å². The Hall–Kier alpha value is -0.670. The van der Waals surface area contributed by atoms with E-state index in [1.54, 1.807) is 0 Å². The molecule has 12 heavy (non-hydrogen) atoms. The molecule has 1 aliphatic heterocycles. The van der Waals surface area contributed by atoms with Crippen LogP contribution in [0.3, 0.4) is 0 Å². The zero-order chi connectivity index (χ0) is 9.14. The molecule has 5 heteroatoms. The molecule has 0 amide bonds. The Labute approximate surface area is 70.1 Å². The standard InChI is InChI=1S/C7H11NO4/c1-11-7-4(2-8)12-5(3-9)6(7)10/h4-7,9-10H,3H2,1H3. The summed E-state index contributed by atoms with van der Waals surface area (Å²) < 4.78 is 9.84. The third kappa shape index (κ3) is 1.42. The summed E-state index contributed by atoms with van der Waals surface area (Å²) >= 11 is 0. The smallest absolute Gasteiger partial charge is 0.173 e. The van der Waals surface area contributed by atoms with Crippen molar-refractivity contribution in [1.29, 1.82) is 5.26 Å². The highest BCUT2D eigenvalue weighted by molar-refractivity contribution is 5.02. The van der Waals surface area contributed by atoms with E-state index in [0.29, 0.717) is 0 Å². The molecule has 0 aliphatic carbocycles. The summed E-state index contributed by atoms with van der Waals surface area (Å²) in [5.74, 6) is 0. The van der Waals surface area contributed by atoms with Gasteiger partial charge in [-0.2, -0.15) is 5.26 Å². The van der Waals surface area contributed by atoms with Crippen molar-refractivity contribution in [1.82, 2.24) is 0 Å². The zero-order valence-corrected chi connectivity index (χ0v) is 6.67. The van der Waals surface area contributed by atoms with Gasteiger partial charge in [0.15, 0.2) is 6.10 Å². The van der Waals surface area contributed by atoms with Gasteiger partial charge in [-0.3, -0.25) is 0 Å². The van der Waals surface area contributed by atoms with Gasteiger partial charge in [-0.05, 0) is 0 Å². The minimum atomic E-state index is -0.926. The number of nitrogens with zero attached hydrogens (tertiary/aromatic N) is 1. The third-order valence-corrected chi connectivity index (χ3v) is 1.92. The highest BCUT2D eigenvalue weighted by atomic mass is 16.6. The molecule has 1 fully saturated rings. The Morgan fingerprint density at radius 1 is 1.67 bits per heavy atom. The van der Waals surface area contributed by atoms with Crippen LogP contribution in [0.4, 0.5) is 0 Å². The molecule has 0 bridgehead atoms. The first-order valence-electron chi connectivity index (χ1n) is 3.61. The molecular weight excluding hydrogens is 162 g/mol. The van der Waals surface area contributed by atoms with Crippen LogP contribution in [0.1, 0.15) is 0 Å². The van der Waals surface area contributed by atoms with Crippen molar-refractivity contribution < 1.29 is 19.7 Å². The summed E-state index contributed by atoms with van der Waals surface area (Å²) in [5, 5.41) is 26.7. The van der Waals surface area contributed by atoms with Gasteiger partial charge in [-0.1, -0.05) is 0 Å². The highest BCUT2D eigenvalue weighted by Crippen LogP contribution is 2.22. The van der Waals surface area contributed by atoms with E-state index in [1.807, 2.05) is 6.07 Å². The first-order chi connectivity index (χ1) is 5.74. The van der Waals surface area contributed by atoms with Gasteiger partial charge in [-0.15, -0.1) is 0 Å². The second-order valence-electron chi connectivity index (χ2n) is 2.60. The summed E-state index contributed by atoms with van der Waals surface area (Å²) in [6, 6.07) is 1.84. The van der Waals surface area contributed by atoms with Gasteiger partial charge < -0.3 is 19.7 Å². The molecule has 0 aromatic carbocycles. The molecule has 0 radical (unpaired) electrons. The number of aliphatic hydroxyl groups is 2. The number of hydrogen-bond donors (Lipinski definition) is 2. The molecule has 68 valence electrons. The fraction of sp³-hybridized carbons (Fsp3) is 0.857. The molecule has 0 aromatic heterocycles. The first kappa shape index (κ1) is 9.42. The van der Waals surface area contributed by atoms with Crippen LogP contribution < -0.4 is 0 Å². The van der Waals surface area contributed by atoms with E-state index in [0.717, 1.165) is 0 Å². The lowest BCUT2D eigenvalue weighted by molar-refractivity contribution is -0.0150. The molecule has 1 heterocycles. The summed E-state index contributed by atoms with van der Waals surface area (Å²) in [6.45, 7) is -0.306. The second kappa shape index (κ2) is 3.83. The molecule has 5 nitrogen and oxygen atoms in total. The van der Waals surface area contributed by atoms with E-state index in [2.05, 4.69) is 0 Å². The van der Waals surface area contributed by atoms with E-state index in [1.165, 1.54) is 7.11 Å². The molecule has 2 N–H and O–H groups in total. The lowest BCUT2D eigenvalue weighted by atomic mass is 10.1. The summed E-state index contributed by atoms with van der Waals surface area (Å²) in [7, 11) is 1.39. The number of ether oxygens (including phenoxy) is 2. The van der Waals surface area contributed by atoms with Crippen molar-refractivity contribution in [2.75, 3.05) is 13.7 Å². The molecule has 0 aromatic rings. The van der Waals surface area contributed by atoms with E-state index in [9.17, 15) is 5.11 Å². The van der Waals surface area contributed by atoms with Crippen LogP contribution in [0.15, 0.2) is 0 Å². The van der Waals surface area contributed by atoms with E-state index >= 15 is 0 Å². The second-order valence-corrected chi connectivity index (χ2v) is 2.60. The van der Waals surface area contributed by atoms with Crippen molar-refractivity contribution >= 4 is 0 Å². The molecule has 0 spiro atoms. The van der Waals surface area contributed by atoms with E-state index in [4.69, 9.17) is 19.8 Å². The SMILES string of the molecule is COC1C(C#N)OC(CO)C1O. The van der Waals surface area contributed by atoms with Gasteiger partial charge in [0.25, 0.3) is 0 Å². The number of methoxy groups -OCH3 is 1. The Balaban J connectivity index is 2.66. The predicted octanol–water partition coefficient (Wildman–Crippen LogP) is -1.35. The first-order valence-corrected chi connectivity index (χ1v) is 3.61. The van der Waals surface area contributed by atoms with Crippen LogP contribution in [0.25, 0.3) is 0 Å². The van der Waals surface area contributed by atoms with Crippen LogP contribution in [-0.2, 0) is 9.47 Å². The number of nitriles is 1. The fourth-order valence-electron chi connectivity index (χ4n) is 1.25. The van der Waals surface area contributed by atoms with Gasteiger partial charge >= 0.3 is 0 Å². The van der Waals surface area contributed by atoms with Crippen molar-refractivity contribution in [2.24, 2.45) is 0 Å². The van der Waals surface area contributed by atoms with Gasteiger partial charge in [0, 0.05) is 7.11 Å². The van der Waals surface area contributed by atoms with Crippen LogP contribution >= 0.6 is 0 Å². The predicted molar refractivity (Wildman–Crippen MR) is 38.2 cm³/mol. The quantitative estimate of drug-likeness (QED) is 0.539. The van der Waals surface area contributed by atoms with Crippen LogP contribution in [0.2, 0.25) is 0 Å². The lowest BCUT2D eigenvalue weighted by Crippen LogP contribution is -2.35. The molecule has 4 atom stereocenters. The van der Waals surface area contributed by atoms with Crippen molar-refractivity contribution in [3.8, 4) is 6.07 Å². The Morgan fingerprint density at radius 3 is 2.67 bits per heavy atom. The zero-order valence-electron chi connectivity index (χ0n) is 6.67. The summed E-state index contributed by atoms with van der Waals surface area (Å²) in [5.41, 5.74) is 0. The lowest BCUT2D eigenvalue weighted by Gasteiger charge is -2.13. The highest BCUT2D eigenvalue weighted by Gasteiger charge is 2.43. The van der Waals surface area contributed by atoms with Gasteiger partial charge in [0.05, 0.1) is 12.7 Å². The van der Waals surface area contributed by atoms with Crippen LogP contribution in [0.5, 0.6) is 0 Å². The minimum Gasteiger partial charge on any atom is -0.394 e. The summed E-state index contributed by atoms with van der Waals surface area (Å²) in [4.78, 5) is 0. The average molecular weight is 173 g/mol. The maximum Gasteiger partial charge on any atom is 0.173 e. The normalized spacial score (nSPS) is 41.2. The molecule has 4 unspecified atom stereocenters. The van der Waals surface area contributed by atoms with Crippen LogP contribution in [-0.4, -0.2) is 48.3 Å². The van der Waals surface area contributed by atoms with Crippen LogP contribution in [0, 0.1) is 11.3 Å². The van der Waals surface area contributed by atoms with Crippen molar-refractivity contribution in [3.63, 3.8) is 0 Å². The molecule has 1 saturated heterocycles. The van der Waals surface area contributed by atoms with E-state index < -0.39 is 24.4 Å². The van der Waals surface area contributed by atoms with E-state index in [-0.39, 0.29) is 6.61 Å². The molecule has 0 saturated carbocycles. The third-order valence-electron chi connectivity index (χ3n) is 1.92. The molecule has 1 rings (SSSR count). The monoisotopic (exact) mass is 173 g/mol. The van der Waals surface area contributed by atoms with Crippen molar-refractivity contribution in [3.05, 3.63) is 0 Å².